The van der Waals surface area contributed by atoms with Gasteiger partial charge in [-0.25, -0.2) is 0 Å². The average Bonchev–Trinajstić information content (AvgIpc) is 2.44. The third-order valence-electron chi connectivity index (χ3n) is 1.54. The summed E-state index contributed by atoms with van der Waals surface area (Å²) in [6.45, 7) is 0. The van der Waals surface area contributed by atoms with Gasteiger partial charge < -0.3 is 0 Å². The van der Waals surface area contributed by atoms with Crippen molar-refractivity contribution in [2.24, 2.45) is 0 Å². The molecule has 0 saturated carbocycles. The van der Waals surface area contributed by atoms with Crippen LogP contribution in [-0.4, -0.2) is 13.1 Å². The minimum absolute atomic E-state index is 0.238. The topological polar surface area (TPSA) is 35.5 Å². The maximum absolute atomic E-state index is 11.2. The van der Waals surface area contributed by atoms with E-state index in [-0.39, 0.29) is 5.97 Å². The summed E-state index contributed by atoms with van der Waals surface area (Å²) in [6.07, 6.45) is 0. The molecule has 1 aliphatic rings. The second kappa shape index (κ2) is 3.02. The van der Waals surface area contributed by atoms with Crippen molar-refractivity contribution in [1.29, 1.82) is 0 Å². The van der Waals surface area contributed by atoms with Crippen LogP contribution in [0.25, 0.3) is 0 Å². The molecular weight excluding hydrogens is 271 g/mol. The van der Waals surface area contributed by atoms with Crippen LogP contribution < -0.4 is 0 Å². The Labute approximate surface area is 78.2 Å². The Kier molecular flexibility index (Phi) is 2.02. The maximum atomic E-state index is 11.2. The molecule has 0 N–H and O–H groups in total. The van der Waals surface area contributed by atoms with Crippen LogP contribution in [0.5, 0.6) is 0 Å². The van der Waals surface area contributed by atoms with Gasteiger partial charge in [0.1, 0.15) is 0 Å². The summed E-state index contributed by atoms with van der Waals surface area (Å²) in [7, 11) is 1.58. The first-order chi connectivity index (χ1) is 5.83. The molecule has 64 valence electrons. The summed E-state index contributed by atoms with van der Waals surface area (Å²) in [5.41, 5.74) is 0.671. The Bertz CT molecular complexity index is 324. The molecule has 0 aromatic heterocycles. The van der Waals surface area contributed by atoms with Gasteiger partial charge in [-0.1, -0.05) is 0 Å². The van der Waals surface area contributed by atoms with E-state index in [9.17, 15) is 4.79 Å². The quantitative estimate of drug-likeness (QED) is 0.737. The number of hydrogen-bond donors (Lipinski definition) is 0. The van der Waals surface area contributed by atoms with Gasteiger partial charge in [-0.15, -0.1) is 0 Å². The van der Waals surface area contributed by atoms with Crippen LogP contribution in [0.15, 0.2) is 24.3 Å². The Morgan fingerprint density at radius 1 is 1.42 bits per heavy atom. The molecule has 12 heavy (non-hydrogen) atoms. The third kappa shape index (κ3) is 1.11. The van der Waals surface area contributed by atoms with Crippen molar-refractivity contribution in [3.8, 4) is 0 Å². The number of hydrogen-bond acceptors (Lipinski definition) is 3. The monoisotopic (exact) mass is 278 g/mol. The molecule has 0 spiro atoms. The molecule has 3 nitrogen and oxygen atoms in total. The summed E-state index contributed by atoms with van der Waals surface area (Å²) in [4.78, 5) is 11.2. The molecule has 1 aromatic rings. The molecule has 0 fully saturated rings. The normalized spacial score (nSPS) is 17.4. The molecule has 1 aliphatic heterocycles. The van der Waals surface area contributed by atoms with Crippen molar-refractivity contribution < 1.29 is 10.9 Å². The van der Waals surface area contributed by atoms with Gasteiger partial charge in [0.25, 0.3) is 0 Å². The van der Waals surface area contributed by atoms with E-state index in [0.717, 1.165) is 3.57 Å². The fourth-order valence-electron chi connectivity index (χ4n) is 1.02. The van der Waals surface area contributed by atoms with Crippen LogP contribution in [0.1, 0.15) is 10.4 Å². The van der Waals surface area contributed by atoms with E-state index in [1.807, 2.05) is 18.2 Å². The molecular formula is C8H7IO3. The number of carbonyl (C=O) groups excluding carboxylic acids is 1. The number of carbonyl (C=O) groups is 1. The summed E-state index contributed by atoms with van der Waals surface area (Å²) >= 11 is -2.04. The minimum atomic E-state index is -2.04. The summed E-state index contributed by atoms with van der Waals surface area (Å²) < 4.78 is 11.2. The van der Waals surface area contributed by atoms with Crippen molar-refractivity contribution in [2.75, 3.05) is 7.11 Å². The predicted molar refractivity (Wildman–Crippen MR) is 51.6 cm³/mol. The zero-order chi connectivity index (χ0) is 8.55. The fraction of sp³-hybridized carbons (Fsp3) is 0.125. The van der Waals surface area contributed by atoms with Gasteiger partial charge in [0.05, 0.1) is 0 Å². The van der Waals surface area contributed by atoms with Gasteiger partial charge in [-0.05, 0) is 0 Å². The van der Waals surface area contributed by atoms with Gasteiger partial charge >= 0.3 is 78.1 Å². The predicted octanol–water partition coefficient (Wildman–Crippen LogP) is 2.01. The van der Waals surface area contributed by atoms with E-state index in [0.29, 0.717) is 5.56 Å². The SMILES string of the molecule is COI1OC(=O)c2ccccc21. The van der Waals surface area contributed by atoms with Crippen molar-refractivity contribution in [1.82, 2.24) is 0 Å². The Morgan fingerprint density at radius 2 is 2.17 bits per heavy atom. The van der Waals surface area contributed by atoms with Crippen LogP contribution in [0.2, 0.25) is 0 Å². The van der Waals surface area contributed by atoms with E-state index >= 15 is 0 Å². The van der Waals surface area contributed by atoms with Gasteiger partial charge in [-0.2, -0.15) is 0 Å². The Morgan fingerprint density at radius 3 is 2.92 bits per heavy atom. The van der Waals surface area contributed by atoms with Crippen LogP contribution in [0.3, 0.4) is 0 Å². The fourth-order valence-corrected chi connectivity index (χ4v) is 3.89. The summed E-state index contributed by atoms with van der Waals surface area (Å²) in [5, 5.41) is 0. The zero-order valence-corrected chi connectivity index (χ0v) is 8.57. The van der Waals surface area contributed by atoms with Crippen LogP contribution in [-0.2, 0) is 6.13 Å². The van der Waals surface area contributed by atoms with Crippen molar-refractivity contribution in [3.63, 3.8) is 0 Å². The van der Waals surface area contributed by atoms with Crippen LogP contribution in [0.4, 0.5) is 0 Å². The zero-order valence-electron chi connectivity index (χ0n) is 6.41. The van der Waals surface area contributed by atoms with E-state index < -0.39 is 20.6 Å². The molecule has 2 rings (SSSR count). The molecule has 0 atom stereocenters. The van der Waals surface area contributed by atoms with E-state index in [1.54, 1.807) is 13.2 Å². The van der Waals surface area contributed by atoms with Gasteiger partial charge in [-0.3, -0.25) is 0 Å². The average molecular weight is 278 g/mol. The van der Waals surface area contributed by atoms with Gasteiger partial charge in [0, 0.05) is 0 Å². The van der Waals surface area contributed by atoms with E-state index in [4.69, 9.17) is 6.13 Å². The van der Waals surface area contributed by atoms with Crippen LogP contribution in [0, 0.1) is 3.57 Å². The number of halogens is 1. The summed E-state index contributed by atoms with van der Waals surface area (Å²) in [6, 6.07) is 7.39. The Balaban J connectivity index is 2.50. The molecule has 1 aromatic carbocycles. The molecule has 0 saturated heterocycles. The molecule has 0 aliphatic carbocycles. The molecule has 0 radical (unpaired) electrons. The van der Waals surface area contributed by atoms with Gasteiger partial charge in [0.15, 0.2) is 0 Å². The number of fused-ring (bicyclic) bond motifs is 1. The van der Waals surface area contributed by atoms with Crippen LogP contribution >= 0.6 is 20.6 Å². The molecule has 0 bridgehead atoms. The second-order valence-electron chi connectivity index (χ2n) is 2.22. The molecule has 4 heteroatoms. The standard InChI is InChI=1S/C8H7IO3/c1-11-9-7-5-3-2-4-6(7)8(10)12-9/h2-5H,1H3. The van der Waals surface area contributed by atoms with Crippen molar-refractivity contribution >= 4 is 26.6 Å². The third-order valence-corrected chi connectivity index (χ3v) is 5.03. The van der Waals surface area contributed by atoms with E-state index in [1.165, 1.54) is 0 Å². The number of rotatable bonds is 1. The van der Waals surface area contributed by atoms with E-state index in [2.05, 4.69) is 0 Å². The van der Waals surface area contributed by atoms with Crippen molar-refractivity contribution in [2.45, 2.75) is 0 Å². The Hall–Kier alpha value is -0.620. The molecule has 0 unspecified atom stereocenters. The van der Waals surface area contributed by atoms with Crippen molar-refractivity contribution in [3.05, 3.63) is 33.4 Å². The number of benzene rings is 1. The van der Waals surface area contributed by atoms with Gasteiger partial charge in [0.2, 0.25) is 0 Å². The first kappa shape index (κ1) is 8.00. The molecule has 1 heterocycles. The molecule has 0 amide bonds. The second-order valence-corrected chi connectivity index (χ2v) is 5.94. The first-order valence-electron chi connectivity index (χ1n) is 3.39. The summed E-state index contributed by atoms with van der Waals surface area (Å²) in [5.74, 6) is -0.238. The first-order valence-corrected chi connectivity index (χ1v) is 6.23.